The van der Waals surface area contributed by atoms with E-state index in [-0.39, 0.29) is 0 Å². The van der Waals surface area contributed by atoms with E-state index >= 15 is 0 Å². The fourth-order valence-electron chi connectivity index (χ4n) is 1.01. The molecule has 0 spiro atoms. The average molecular weight is 150 g/mol. The summed E-state index contributed by atoms with van der Waals surface area (Å²) in [5, 5.41) is 2.80. The fraction of sp³-hybridized carbons (Fsp3) is 0. The number of thiophene rings is 1. The van der Waals surface area contributed by atoms with Crippen molar-refractivity contribution in [1.82, 2.24) is 0 Å². The number of benzene rings is 1. The van der Waals surface area contributed by atoms with Gasteiger partial charge in [0, 0.05) is 11.5 Å². The lowest BCUT2D eigenvalue weighted by atomic mass is 10.3. The minimum Gasteiger partial charge on any atom is -0.590 e. The maximum atomic E-state index is 11.1. The summed E-state index contributed by atoms with van der Waals surface area (Å²) < 4.78 is 12.0. The first-order valence-corrected chi connectivity index (χ1v) is 4.27. The van der Waals surface area contributed by atoms with E-state index in [9.17, 15) is 4.55 Å². The maximum absolute atomic E-state index is 11.1. The molecule has 0 amide bonds. The van der Waals surface area contributed by atoms with Crippen molar-refractivity contribution < 1.29 is 4.55 Å². The van der Waals surface area contributed by atoms with Crippen LogP contribution in [0.5, 0.6) is 0 Å². The highest BCUT2D eigenvalue weighted by Crippen LogP contribution is 2.27. The fourth-order valence-corrected chi connectivity index (χ4v) is 2.01. The Bertz CT molecular complexity index is 351. The monoisotopic (exact) mass is 150 g/mol. The highest BCUT2D eigenvalue weighted by molar-refractivity contribution is 7.30. The third-order valence-electron chi connectivity index (χ3n) is 1.51. The summed E-state index contributed by atoms with van der Waals surface area (Å²) in [7, 11) is -0.878. The average Bonchev–Trinajstić information content (AvgIpc) is 2.34. The van der Waals surface area contributed by atoms with Crippen LogP contribution in [0.3, 0.4) is 0 Å². The van der Waals surface area contributed by atoms with Crippen LogP contribution < -0.4 is 0 Å². The van der Waals surface area contributed by atoms with Crippen molar-refractivity contribution in [2.45, 2.75) is 0 Å². The Morgan fingerprint density at radius 2 is 1.90 bits per heavy atom. The smallest absolute Gasteiger partial charge is 0.179 e. The Hall–Kier alpha value is -0.860. The molecule has 50 valence electrons. The number of rotatable bonds is 0. The zero-order valence-corrected chi connectivity index (χ0v) is 6.10. The molecule has 0 radical (unpaired) electrons. The van der Waals surface area contributed by atoms with E-state index in [0.717, 1.165) is 10.1 Å². The molecule has 0 aliphatic carbocycles. The Morgan fingerprint density at radius 1 is 1.10 bits per heavy atom. The molecular weight excluding hydrogens is 144 g/mol. The molecule has 0 saturated carbocycles. The van der Waals surface area contributed by atoms with Crippen molar-refractivity contribution >= 4 is 20.8 Å². The largest absolute Gasteiger partial charge is 0.590 e. The van der Waals surface area contributed by atoms with Gasteiger partial charge >= 0.3 is 0 Å². The van der Waals surface area contributed by atoms with Gasteiger partial charge in [-0.3, -0.25) is 0 Å². The van der Waals surface area contributed by atoms with E-state index in [1.807, 2.05) is 30.3 Å². The molecule has 0 aliphatic heterocycles. The number of hydrogen-bond acceptors (Lipinski definition) is 1. The molecular formula is C8H6OS. The van der Waals surface area contributed by atoms with Crippen LogP contribution in [0.15, 0.2) is 35.7 Å². The van der Waals surface area contributed by atoms with Gasteiger partial charge in [-0.1, -0.05) is 12.1 Å². The number of hydrogen-bond donors (Lipinski definition) is 0. The summed E-state index contributed by atoms with van der Waals surface area (Å²) in [5.74, 6) is 0. The van der Waals surface area contributed by atoms with Gasteiger partial charge in [0.05, 0.1) is 0 Å². The molecule has 1 nitrogen and oxygen atoms in total. The minimum atomic E-state index is -0.878. The second kappa shape index (κ2) is 2.08. The van der Waals surface area contributed by atoms with Gasteiger partial charge in [-0.15, -0.1) is 0 Å². The lowest BCUT2D eigenvalue weighted by Gasteiger charge is -1.86. The predicted molar refractivity (Wildman–Crippen MR) is 42.6 cm³/mol. The van der Waals surface area contributed by atoms with E-state index < -0.39 is 10.8 Å². The first-order chi connectivity index (χ1) is 4.88. The summed E-state index contributed by atoms with van der Waals surface area (Å²) in [5.41, 5.74) is 0. The van der Waals surface area contributed by atoms with E-state index in [4.69, 9.17) is 0 Å². The first-order valence-electron chi connectivity index (χ1n) is 3.06. The molecule has 0 saturated heterocycles. The molecule has 1 heterocycles. The van der Waals surface area contributed by atoms with Crippen LogP contribution in [-0.4, -0.2) is 4.55 Å². The second-order valence-corrected chi connectivity index (χ2v) is 3.44. The molecule has 0 N–H and O–H groups in total. The van der Waals surface area contributed by atoms with Gasteiger partial charge in [-0.25, -0.2) is 0 Å². The lowest BCUT2D eigenvalue weighted by molar-refractivity contribution is 0.600. The van der Waals surface area contributed by atoms with Crippen LogP contribution in [0.1, 0.15) is 0 Å². The quantitative estimate of drug-likeness (QED) is 0.529. The number of fused-ring (bicyclic) bond motifs is 1. The highest BCUT2D eigenvalue weighted by atomic mass is 32.2. The van der Waals surface area contributed by atoms with E-state index in [1.165, 1.54) is 0 Å². The van der Waals surface area contributed by atoms with Crippen molar-refractivity contribution in [3.8, 4) is 0 Å². The lowest BCUT2D eigenvalue weighted by Crippen LogP contribution is -1.59. The molecule has 10 heavy (non-hydrogen) atoms. The minimum absolute atomic E-state index is 0.878. The van der Waals surface area contributed by atoms with Crippen LogP contribution >= 0.6 is 10.8 Å². The van der Waals surface area contributed by atoms with Gasteiger partial charge in [0.15, 0.2) is 4.70 Å². The van der Waals surface area contributed by atoms with Crippen molar-refractivity contribution in [3.63, 3.8) is 0 Å². The highest BCUT2D eigenvalue weighted by Gasteiger charge is 2.00. The van der Waals surface area contributed by atoms with E-state index in [2.05, 4.69) is 0 Å². The zero-order chi connectivity index (χ0) is 6.97. The zero-order valence-electron chi connectivity index (χ0n) is 5.28. The maximum Gasteiger partial charge on any atom is 0.179 e. The van der Waals surface area contributed by atoms with E-state index in [1.54, 1.807) is 5.38 Å². The van der Waals surface area contributed by atoms with Crippen molar-refractivity contribution in [2.24, 2.45) is 0 Å². The Labute approximate surface area is 61.7 Å². The van der Waals surface area contributed by atoms with Crippen molar-refractivity contribution in [1.29, 1.82) is 0 Å². The Kier molecular flexibility index (Phi) is 1.22. The third-order valence-corrected chi connectivity index (χ3v) is 2.70. The molecule has 1 unspecified atom stereocenters. The van der Waals surface area contributed by atoms with Gasteiger partial charge < -0.3 is 4.55 Å². The summed E-state index contributed by atoms with van der Waals surface area (Å²) in [6.45, 7) is 0. The molecule has 1 atom stereocenters. The van der Waals surface area contributed by atoms with Crippen LogP contribution in [-0.2, 0) is 0 Å². The van der Waals surface area contributed by atoms with E-state index in [0.29, 0.717) is 0 Å². The molecule has 1 aromatic heterocycles. The molecule has 1 aromatic carbocycles. The van der Waals surface area contributed by atoms with Gasteiger partial charge in [0.2, 0.25) is 0 Å². The standard InChI is InChI=1S/C8H6OS/c9-10-6-5-7-3-1-2-4-8(7)10/h1-6H. The first kappa shape index (κ1) is 5.89. The Morgan fingerprint density at radius 3 is 2.70 bits per heavy atom. The van der Waals surface area contributed by atoms with Crippen molar-refractivity contribution in [2.75, 3.05) is 0 Å². The normalized spacial score (nSPS) is 12.3. The molecule has 0 bridgehead atoms. The molecule has 2 rings (SSSR count). The summed E-state index contributed by atoms with van der Waals surface area (Å²) >= 11 is 0. The summed E-state index contributed by atoms with van der Waals surface area (Å²) in [6.07, 6.45) is 0. The van der Waals surface area contributed by atoms with Gasteiger partial charge in [0.25, 0.3) is 0 Å². The van der Waals surface area contributed by atoms with Crippen LogP contribution in [0.4, 0.5) is 0 Å². The Balaban J connectivity index is 2.93. The van der Waals surface area contributed by atoms with Crippen molar-refractivity contribution in [3.05, 3.63) is 35.7 Å². The third kappa shape index (κ3) is 0.735. The van der Waals surface area contributed by atoms with Crippen LogP contribution in [0.2, 0.25) is 0 Å². The molecule has 2 heteroatoms. The summed E-state index contributed by atoms with van der Waals surface area (Å²) in [6, 6.07) is 9.61. The molecule has 0 fully saturated rings. The van der Waals surface area contributed by atoms with Gasteiger partial charge in [0.1, 0.15) is 5.38 Å². The summed E-state index contributed by atoms with van der Waals surface area (Å²) in [4.78, 5) is 0. The van der Waals surface area contributed by atoms with Gasteiger partial charge in [-0.05, 0) is 22.9 Å². The molecule has 2 aromatic rings. The molecule has 0 aliphatic rings. The van der Waals surface area contributed by atoms with Crippen LogP contribution in [0, 0.1) is 0 Å². The predicted octanol–water partition coefficient (Wildman–Crippen LogP) is 2.57. The van der Waals surface area contributed by atoms with Crippen LogP contribution in [0.25, 0.3) is 10.1 Å². The SMILES string of the molecule is [O-][s+]1ccc2ccccc21. The van der Waals surface area contributed by atoms with Gasteiger partial charge in [-0.2, -0.15) is 0 Å². The topological polar surface area (TPSA) is 23.1 Å². The second-order valence-electron chi connectivity index (χ2n) is 2.14.